The van der Waals surface area contributed by atoms with Gasteiger partial charge in [-0.05, 0) is 85.6 Å². The molecule has 282 valence electrons. The van der Waals surface area contributed by atoms with E-state index in [-0.39, 0.29) is 46.5 Å². The summed E-state index contributed by atoms with van der Waals surface area (Å²) < 4.78 is 1.90. The lowest BCUT2D eigenvalue weighted by molar-refractivity contribution is -0.455. The molecule has 1 aliphatic carbocycles. The Morgan fingerprint density at radius 1 is 0.661 bits per heavy atom. The van der Waals surface area contributed by atoms with Gasteiger partial charge in [-0.2, -0.15) is 4.58 Å². The second-order valence-corrected chi connectivity index (χ2v) is 15.0. The first kappa shape index (κ1) is 37.2. The van der Waals surface area contributed by atoms with Crippen LogP contribution in [0.25, 0.3) is 0 Å². The van der Waals surface area contributed by atoms with E-state index in [1.165, 1.54) is 36.4 Å². The minimum Gasteiger partial charge on any atom is -0.871 e. The van der Waals surface area contributed by atoms with E-state index in [0.717, 1.165) is 11.1 Å². The summed E-state index contributed by atoms with van der Waals surface area (Å²) in [5.74, 6) is -5.35. The maximum absolute atomic E-state index is 14.0. The first-order valence-electron chi connectivity index (χ1n) is 17.6. The van der Waals surface area contributed by atoms with E-state index in [4.69, 9.17) is 0 Å². The molecule has 0 saturated heterocycles. The van der Waals surface area contributed by atoms with Crippen LogP contribution in [0.1, 0.15) is 91.4 Å². The third kappa shape index (κ3) is 6.14. The van der Waals surface area contributed by atoms with E-state index < -0.39 is 46.2 Å². The Balaban J connectivity index is 1.33. The molecule has 0 unspecified atom stereocenters. The Morgan fingerprint density at radius 2 is 1.16 bits per heavy atom. The summed E-state index contributed by atoms with van der Waals surface area (Å²) in [6, 6.07) is 22.1. The summed E-state index contributed by atoms with van der Waals surface area (Å²) in [4.78, 5) is 62.8. The minimum atomic E-state index is -1.11. The second kappa shape index (κ2) is 13.3. The third-order valence-electron chi connectivity index (χ3n) is 10.9. The number of carbonyl (C=O) groups is 5. The van der Waals surface area contributed by atoms with Gasteiger partial charge in [-0.3, -0.25) is 4.79 Å². The van der Waals surface area contributed by atoms with Gasteiger partial charge in [0, 0.05) is 57.8 Å². The van der Waals surface area contributed by atoms with E-state index in [2.05, 4.69) is 0 Å². The van der Waals surface area contributed by atoms with Crippen molar-refractivity contribution in [3.63, 3.8) is 0 Å². The summed E-state index contributed by atoms with van der Waals surface area (Å²) in [6.07, 6.45) is 3.10. The fraction of sp³-hybridized carbons (Fsp3) is 0.182. The molecule has 0 fully saturated rings. The van der Waals surface area contributed by atoms with Crippen LogP contribution in [0.3, 0.4) is 0 Å². The average molecular weight is 753 g/mol. The van der Waals surface area contributed by atoms with E-state index in [0.29, 0.717) is 33.9 Å². The molecule has 0 bridgehead atoms. The van der Waals surface area contributed by atoms with Gasteiger partial charge in [0.2, 0.25) is 5.69 Å². The van der Waals surface area contributed by atoms with Crippen LogP contribution < -0.4 is 10.0 Å². The van der Waals surface area contributed by atoms with Crippen LogP contribution in [-0.2, 0) is 28.7 Å². The van der Waals surface area contributed by atoms with E-state index in [1.807, 2.05) is 37.2 Å². The minimum absolute atomic E-state index is 0.0605. The van der Waals surface area contributed by atoms with Gasteiger partial charge in [-0.25, -0.2) is 19.2 Å². The maximum atomic E-state index is 14.0. The van der Waals surface area contributed by atoms with Crippen LogP contribution in [0.2, 0.25) is 0 Å². The van der Waals surface area contributed by atoms with Crippen LogP contribution in [0.4, 0.5) is 11.4 Å². The lowest BCUT2D eigenvalue weighted by atomic mass is 9.77. The van der Waals surface area contributed by atoms with Gasteiger partial charge in [-0.1, -0.05) is 43.9 Å². The predicted molar refractivity (Wildman–Crippen MR) is 203 cm³/mol. The fourth-order valence-electron chi connectivity index (χ4n) is 7.72. The summed E-state index contributed by atoms with van der Waals surface area (Å²) >= 11 is 0. The number of benzene rings is 4. The molecule has 4 aromatic carbocycles. The highest BCUT2D eigenvalue weighted by Gasteiger charge is 2.47. The largest absolute Gasteiger partial charge is 0.871 e. The number of nitrogens with zero attached hydrogens (tertiary/aromatic N) is 2. The van der Waals surface area contributed by atoms with Gasteiger partial charge < -0.3 is 30.4 Å². The Bertz CT molecular complexity index is 2550. The molecule has 3 aliphatic rings. The number of carboxylic acids is 4. The Hall–Kier alpha value is -7.08. The predicted octanol–water partition coefficient (Wildman–Crippen LogP) is 6.06. The second-order valence-electron chi connectivity index (χ2n) is 15.0. The highest BCUT2D eigenvalue weighted by atomic mass is 16.4. The average Bonchev–Trinajstić information content (AvgIpc) is 3.49. The van der Waals surface area contributed by atoms with Crippen molar-refractivity contribution in [3.8, 4) is 0 Å². The SMILES string of the molecule is CC1(C)C(/C=C2/C(=O)C(/C=C3\N(Cc4ccc(C(=O)O)cc4)c4ccc(C(=O)O)cc4C3(C)C)=C2[O-])=[N+](Cc2ccc(C(=O)O)cc2)c2ccc(C(=O)O)cc21. The molecule has 0 amide bonds. The molecule has 0 atom stereocenters. The highest BCUT2D eigenvalue weighted by molar-refractivity contribution is 6.24. The number of ketones is 1. The maximum Gasteiger partial charge on any atom is 0.335 e. The van der Waals surface area contributed by atoms with Gasteiger partial charge in [0.15, 0.2) is 18.0 Å². The van der Waals surface area contributed by atoms with Gasteiger partial charge in [0.05, 0.1) is 27.7 Å². The van der Waals surface area contributed by atoms with Crippen LogP contribution in [0, 0.1) is 0 Å². The molecule has 2 heterocycles. The summed E-state index contributed by atoms with van der Waals surface area (Å²) in [6.45, 7) is 7.98. The topological polar surface area (TPSA) is 196 Å². The zero-order valence-corrected chi connectivity index (χ0v) is 30.8. The van der Waals surface area contributed by atoms with Crippen LogP contribution in [-0.4, -0.2) is 60.4 Å². The molecular formula is C44H36N2O10. The first-order chi connectivity index (χ1) is 26.4. The van der Waals surface area contributed by atoms with Crippen molar-refractivity contribution in [2.75, 3.05) is 4.90 Å². The monoisotopic (exact) mass is 752 g/mol. The molecule has 56 heavy (non-hydrogen) atoms. The van der Waals surface area contributed by atoms with Crippen molar-refractivity contribution in [3.05, 3.63) is 164 Å². The molecule has 7 rings (SSSR count). The molecular weight excluding hydrogens is 716 g/mol. The molecule has 2 aliphatic heterocycles. The number of anilines is 1. The van der Waals surface area contributed by atoms with Crippen LogP contribution in [0.5, 0.6) is 0 Å². The number of aromatic carboxylic acids is 4. The van der Waals surface area contributed by atoms with Crippen LogP contribution >= 0.6 is 0 Å². The van der Waals surface area contributed by atoms with Crippen molar-refractivity contribution >= 4 is 46.7 Å². The van der Waals surface area contributed by atoms with E-state index in [1.54, 1.807) is 60.7 Å². The first-order valence-corrected chi connectivity index (χ1v) is 17.6. The Labute approximate surface area is 320 Å². The van der Waals surface area contributed by atoms with Gasteiger partial charge in [-0.15, -0.1) is 0 Å². The third-order valence-corrected chi connectivity index (χ3v) is 10.9. The van der Waals surface area contributed by atoms with E-state index >= 15 is 0 Å². The normalized spacial score (nSPS) is 17.9. The van der Waals surface area contributed by atoms with Crippen molar-refractivity contribution in [1.29, 1.82) is 0 Å². The number of carboxylic acid groups (broad SMARTS) is 4. The summed E-state index contributed by atoms with van der Waals surface area (Å²) in [5, 5.41) is 52.4. The molecule has 4 N–H and O–H groups in total. The van der Waals surface area contributed by atoms with E-state index in [9.17, 15) is 49.5 Å². The van der Waals surface area contributed by atoms with Gasteiger partial charge >= 0.3 is 23.9 Å². The zero-order chi connectivity index (χ0) is 40.4. The standard InChI is InChI=1S/C44H36N2O10/c1-43(2)31-17-27(41(53)54)13-15-33(31)45(21-23-5-9-25(10-6-23)39(49)50)35(43)19-29-37(47)30(38(29)48)20-36-44(3,4)32-18-28(42(55)56)14-16-34(32)46(36)22-24-7-11-26(12-8-24)40(51)52/h5-20H,21-22H2,1-4H3,(H4-,47,48,49,50,51,52,53,54,55,56). The number of rotatable bonds is 10. The quantitative estimate of drug-likeness (QED) is 0.109. The van der Waals surface area contributed by atoms with Crippen molar-refractivity contribution in [2.24, 2.45) is 0 Å². The number of hydrogen-bond acceptors (Lipinski definition) is 7. The lowest BCUT2D eigenvalue weighted by Crippen LogP contribution is -2.35. The smallest absolute Gasteiger partial charge is 0.335 e. The Kier molecular flexibility index (Phi) is 8.87. The zero-order valence-electron chi connectivity index (χ0n) is 30.8. The van der Waals surface area contributed by atoms with Crippen molar-refractivity contribution < 1.29 is 54.1 Å². The number of carbonyl (C=O) groups excluding carboxylic acids is 1. The molecule has 0 radical (unpaired) electrons. The van der Waals surface area contributed by atoms with Gasteiger partial charge in [0.25, 0.3) is 0 Å². The number of hydrogen-bond donors (Lipinski definition) is 4. The molecule has 0 spiro atoms. The number of Topliss-reactive ketones (excluding diaryl/α,β-unsaturated/α-hetero) is 1. The summed E-state index contributed by atoms with van der Waals surface area (Å²) in [5.41, 5.74) is 3.89. The molecule has 12 nitrogen and oxygen atoms in total. The van der Waals surface area contributed by atoms with Gasteiger partial charge in [0.1, 0.15) is 0 Å². The number of fused-ring (bicyclic) bond motifs is 2. The van der Waals surface area contributed by atoms with Crippen molar-refractivity contribution in [1.82, 2.24) is 0 Å². The fourth-order valence-corrected chi connectivity index (χ4v) is 7.72. The summed E-state index contributed by atoms with van der Waals surface area (Å²) in [7, 11) is 0. The molecule has 0 aromatic heterocycles. The highest BCUT2D eigenvalue weighted by Crippen LogP contribution is 2.50. The molecule has 0 saturated carbocycles. The Morgan fingerprint density at radius 3 is 1.70 bits per heavy atom. The lowest BCUT2D eigenvalue weighted by Gasteiger charge is -2.33. The van der Waals surface area contributed by atoms with Crippen LogP contribution in [0.15, 0.2) is 120 Å². The molecule has 12 heteroatoms. The van der Waals surface area contributed by atoms with Crippen molar-refractivity contribution in [2.45, 2.75) is 51.6 Å². The number of allylic oxidation sites excluding steroid dienone is 5. The molecule has 4 aromatic rings.